The van der Waals surface area contributed by atoms with Gasteiger partial charge in [-0.25, -0.2) is 0 Å². The second-order valence-corrected chi connectivity index (χ2v) is 13.9. The smallest absolute Gasteiger partial charge is 0.100 e. The standard InChI is InChI=1S/C37H78N2O4/c1-7-9-11-13-14-15-16-17-20-25-31-41-34-37(35-42-32-27-38(3)4,36-43-33-28-39(5)6)26-22-19-18-21-24-30-40-29-23-12-10-8-2/h7-36H2,1-6H3/p+2. The molecule has 0 amide bonds. The lowest BCUT2D eigenvalue weighted by Gasteiger charge is -2.33. The third-order valence-corrected chi connectivity index (χ3v) is 8.50. The Morgan fingerprint density at radius 1 is 0.372 bits per heavy atom. The molecule has 2 N–H and O–H groups in total. The molecule has 43 heavy (non-hydrogen) atoms. The monoisotopic (exact) mass is 617 g/mol. The predicted octanol–water partition coefficient (Wildman–Crippen LogP) is 6.17. The quantitative estimate of drug-likeness (QED) is 0.0827. The highest BCUT2D eigenvalue weighted by molar-refractivity contribution is 4.80. The maximum absolute atomic E-state index is 6.40. The van der Waals surface area contributed by atoms with Crippen LogP contribution < -0.4 is 9.80 Å². The van der Waals surface area contributed by atoms with Crippen molar-refractivity contribution >= 4 is 0 Å². The number of likely N-dealkylation sites (N-methyl/N-ethyl adjacent to an activating group) is 2. The maximum atomic E-state index is 6.40. The van der Waals surface area contributed by atoms with Gasteiger partial charge in [0.05, 0.1) is 61.2 Å². The van der Waals surface area contributed by atoms with Gasteiger partial charge in [0.1, 0.15) is 13.1 Å². The maximum Gasteiger partial charge on any atom is 0.100 e. The van der Waals surface area contributed by atoms with Crippen molar-refractivity contribution in [2.75, 3.05) is 94.1 Å². The lowest BCUT2D eigenvalue weighted by atomic mass is 9.84. The summed E-state index contributed by atoms with van der Waals surface area (Å²) in [5, 5.41) is 0. The fourth-order valence-corrected chi connectivity index (χ4v) is 5.42. The summed E-state index contributed by atoms with van der Waals surface area (Å²) in [6.07, 6.45) is 26.0. The molecule has 260 valence electrons. The van der Waals surface area contributed by atoms with E-state index in [9.17, 15) is 0 Å². The zero-order valence-electron chi connectivity index (χ0n) is 30.3. The van der Waals surface area contributed by atoms with Gasteiger partial charge in [0.2, 0.25) is 0 Å². The highest BCUT2D eigenvalue weighted by atomic mass is 16.5. The van der Waals surface area contributed by atoms with Gasteiger partial charge in [-0.15, -0.1) is 0 Å². The average molecular weight is 617 g/mol. The Morgan fingerprint density at radius 2 is 0.698 bits per heavy atom. The van der Waals surface area contributed by atoms with Gasteiger partial charge in [-0.2, -0.15) is 0 Å². The first kappa shape index (κ1) is 42.8. The lowest BCUT2D eigenvalue weighted by Crippen LogP contribution is -3.06. The number of nitrogens with one attached hydrogen (secondary N) is 2. The number of quaternary nitrogens is 2. The molecule has 0 fully saturated rings. The molecule has 0 bridgehead atoms. The molecule has 0 aliphatic rings. The van der Waals surface area contributed by atoms with Crippen molar-refractivity contribution < 1.29 is 28.7 Å². The summed E-state index contributed by atoms with van der Waals surface area (Å²) in [7, 11) is 8.76. The first-order valence-corrected chi connectivity index (χ1v) is 18.8. The van der Waals surface area contributed by atoms with Crippen LogP contribution in [0.1, 0.15) is 142 Å². The van der Waals surface area contributed by atoms with E-state index < -0.39 is 0 Å². The minimum Gasteiger partial charge on any atom is -0.381 e. The molecule has 0 rings (SSSR count). The number of unbranched alkanes of at least 4 members (excludes halogenated alkanes) is 16. The van der Waals surface area contributed by atoms with Crippen LogP contribution in [0.5, 0.6) is 0 Å². The third kappa shape index (κ3) is 31.5. The summed E-state index contributed by atoms with van der Waals surface area (Å²) in [6, 6.07) is 0. The van der Waals surface area contributed by atoms with Crippen molar-refractivity contribution in [2.45, 2.75) is 142 Å². The SMILES string of the molecule is CCCCCCCCCCCCOCC(CCCCCCCOCCCCCC)(COCC[NH+](C)C)COCC[NH+](C)C. The van der Waals surface area contributed by atoms with Gasteiger partial charge < -0.3 is 28.7 Å². The van der Waals surface area contributed by atoms with Gasteiger partial charge in [0, 0.05) is 25.2 Å². The Hall–Kier alpha value is -0.240. The average Bonchev–Trinajstić information content (AvgIpc) is 2.98. The summed E-state index contributed by atoms with van der Waals surface area (Å²) in [4.78, 5) is 2.86. The van der Waals surface area contributed by atoms with Crippen LogP contribution in [-0.4, -0.2) is 94.1 Å². The van der Waals surface area contributed by atoms with Gasteiger partial charge in [0.25, 0.3) is 0 Å². The van der Waals surface area contributed by atoms with Crippen LogP contribution in [0.2, 0.25) is 0 Å². The minimum atomic E-state index is -0.0522. The van der Waals surface area contributed by atoms with Gasteiger partial charge in [-0.05, 0) is 25.7 Å². The summed E-state index contributed by atoms with van der Waals surface area (Å²) in [5.74, 6) is 0. The van der Waals surface area contributed by atoms with E-state index in [1.165, 1.54) is 132 Å². The van der Waals surface area contributed by atoms with Crippen LogP contribution >= 0.6 is 0 Å². The largest absolute Gasteiger partial charge is 0.381 e. The van der Waals surface area contributed by atoms with Crippen LogP contribution in [0, 0.1) is 5.41 Å². The van der Waals surface area contributed by atoms with E-state index in [2.05, 4.69) is 42.0 Å². The van der Waals surface area contributed by atoms with Crippen molar-refractivity contribution in [2.24, 2.45) is 5.41 Å². The van der Waals surface area contributed by atoms with Crippen molar-refractivity contribution in [3.63, 3.8) is 0 Å². The Balaban J connectivity index is 4.58. The molecule has 0 unspecified atom stereocenters. The van der Waals surface area contributed by atoms with Gasteiger partial charge in [0.15, 0.2) is 0 Å². The Bertz CT molecular complexity index is 487. The van der Waals surface area contributed by atoms with E-state index >= 15 is 0 Å². The fourth-order valence-electron chi connectivity index (χ4n) is 5.42. The Kier molecular flexibility index (Phi) is 32.9. The summed E-state index contributed by atoms with van der Waals surface area (Å²) in [5.41, 5.74) is -0.0522. The lowest BCUT2D eigenvalue weighted by molar-refractivity contribution is -0.858. The first-order chi connectivity index (χ1) is 21.0. The third-order valence-electron chi connectivity index (χ3n) is 8.50. The minimum absolute atomic E-state index is 0.0522. The molecular formula is C37H80N2O4+2. The van der Waals surface area contributed by atoms with Crippen molar-refractivity contribution in [3.8, 4) is 0 Å². The normalized spacial score (nSPS) is 12.3. The highest BCUT2D eigenvalue weighted by Gasteiger charge is 2.31. The molecule has 0 aromatic rings. The van der Waals surface area contributed by atoms with Crippen molar-refractivity contribution in [1.29, 1.82) is 0 Å². The highest BCUT2D eigenvalue weighted by Crippen LogP contribution is 2.28. The second kappa shape index (κ2) is 33.1. The topological polar surface area (TPSA) is 45.8 Å². The van der Waals surface area contributed by atoms with E-state index in [1.807, 2.05) is 0 Å². The molecule has 0 spiro atoms. The number of ether oxygens (including phenoxy) is 4. The van der Waals surface area contributed by atoms with Gasteiger partial charge >= 0.3 is 0 Å². The van der Waals surface area contributed by atoms with Gasteiger partial charge in [-0.1, -0.05) is 117 Å². The molecule has 0 heterocycles. The second-order valence-electron chi connectivity index (χ2n) is 13.9. The molecular weight excluding hydrogens is 536 g/mol. The summed E-state index contributed by atoms with van der Waals surface area (Å²) < 4.78 is 24.8. The van der Waals surface area contributed by atoms with Crippen molar-refractivity contribution in [3.05, 3.63) is 0 Å². The van der Waals surface area contributed by atoms with E-state index in [0.29, 0.717) is 0 Å². The summed E-state index contributed by atoms with van der Waals surface area (Å²) in [6.45, 7) is 13.1. The van der Waals surface area contributed by atoms with E-state index in [4.69, 9.17) is 18.9 Å². The van der Waals surface area contributed by atoms with Crippen LogP contribution in [0.25, 0.3) is 0 Å². The zero-order chi connectivity index (χ0) is 31.7. The molecule has 6 heteroatoms. The number of rotatable bonds is 36. The van der Waals surface area contributed by atoms with Crippen LogP contribution in [0.4, 0.5) is 0 Å². The van der Waals surface area contributed by atoms with Crippen LogP contribution in [-0.2, 0) is 18.9 Å². The Labute approximate surface area is 270 Å². The van der Waals surface area contributed by atoms with Crippen LogP contribution in [0.15, 0.2) is 0 Å². The van der Waals surface area contributed by atoms with Crippen LogP contribution in [0.3, 0.4) is 0 Å². The Morgan fingerprint density at radius 3 is 1.12 bits per heavy atom. The molecule has 0 saturated heterocycles. The fraction of sp³-hybridized carbons (Fsp3) is 1.00. The summed E-state index contributed by atoms with van der Waals surface area (Å²) >= 11 is 0. The molecule has 0 radical (unpaired) electrons. The molecule has 0 saturated carbocycles. The van der Waals surface area contributed by atoms with E-state index in [-0.39, 0.29) is 5.41 Å². The van der Waals surface area contributed by atoms with E-state index in [0.717, 1.165) is 72.4 Å². The van der Waals surface area contributed by atoms with Gasteiger partial charge in [-0.3, -0.25) is 0 Å². The predicted molar refractivity (Wildman–Crippen MR) is 185 cm³/mol. The molecule has 0 aromatic carbocycles. The molecule has 0 atom stereocenters. The zero-order valence-corrected chi connectivity index (χ0v) is 30.3. The molecule has 6 nitrogen and oxygen atoms in total. The molecule has 0 aliphatic carbocycles. The van der Waals surface area contributed by atoms with Crippen molar-refractivity contribution in [1.82, 2.24) is 0 Å². The first-order valence-electron chi connectivity index (χ1n) is 18.8. The molecule has 0 aliphatic heterocycles. The molecule has 0 aromatic heterocycles. The number of hydrogen-bond acceptors (Lipinski definition) is 4. The van der Waals surface area contributed by atoms with E-state index in [1.54, 1.807) is 0 Å². The number of hydrogen-bond donors (Lipinski definition) is 2.